The number of nitrogens with one attached hydrogen (secondary N) is 1. The van der Waals surface area contributed by atoms with Gasteiger partial charge in [-0.05, 0) is 48.8 Å². The van der Waals surface area contributed by atoms with Gasteiger partial charge in [0, 0.05) is 17.5 Å². The van der Waals surface area contributed by atoms with Crippen LogP contribution in [-0.2, 0) is 11.2 Å². The molecule has 0 spiro atoms. The zero-order valence-electron chi connectivity index (χ0n) is 15.6. The summed E-state index contributed by atoms with van der Waals surface area (Å²) >= 11 is 1.53. The Labute approximate surface area is 163 Å². The minimum atomic E-state index is 0.0471. The number of ether oxygens (including phenoxy) is 2. The SMILES string of the molecule is COc1ccc(-c2nc(CC(=O)NC[C@H]3C[C@H]4C=C[C@H]3C4)cs2)cc1OC. The monoisotopic (exact) mass is 384 g/mol. The molecule has 0 aliphatic heterocycles. The van der Waals surface area contributed by atoms with E-state index in [0.717, 1.165) is 28.7 Å². The first-order valence-corrected chi connectivity index (χ1v) is 10.2. The molecule has 27 heavy (non-hydrogen) atoms. The lowest BCUT2D eigenvalue weighted by Gasteiger charge is -2.18. The van der Waals surface area contributed by atoms with Crippen molar-refractivity contribution >= 4 is 17.2 Å². The third kappa shape index (κ3) is 3.86. The molecule has 2 aliphatic carbocycles. The zero-order valence-corrected chi connectivity index (χ0v) is 16.4. The molecule has 1 aromatic carbocycles. The quantitative estimate of drug-likeness (QED) is 0.740. The Balaban J connectivity index is 1.35. The van der Waals surface area contributed by atoms with Gasteiger partial charge in [-0.1, -0.05) is 12.2 Å². The minimum Gasteiger partial charge on any atom is -0.493 e. The van der Waals surface area contributed by atoms with Crippen molar-refractivity contribution in [3.8, 4) is 22.1 Å². The van der Waals surface area contributed by atoms with E-state index in [-0.39, 0.29) is 5.91 Å². The summed E-state index contributed by atoms with van der Waals surface area (Å²) in [6, 6.07) is 5.72. The Kier molecular flexibility index (Phi) is 5.16. The Morgan fingerprint density at radius 3 is 2.78 bits per heavy atom. The highest BCUT2D eigenvalue weighted by Gasteiger charge is 2.35. The molecule has 142 valence electrons. The van der Waals surface area contributed by atoms with Crippen LogP contribution in [0.1, 0.15) is 18.5 Å². The maximum Gasteiger partial charge on any atom is 0.226 e. The van der Waals surface area contributed by atoms with Crippen molar-refractivity contribution in [1.82, 2.24) is 10.3 Å². The molecular weight excluding hydrogens is 360 g/mol. The number of hydrogen-bond donors (Lipinski definition) is 1. The molecule has 3 atom stereocenters. The van der Waals surface area contributed by atoms with Gasteiger partial charge in [0.2, 0.25) is 5.91 Å². The molecule has 5 nitrogen and oxygen atoms in total. The number of hydrogen-bond acceptors (Lipinski definition) is 5. The van der Waals surface area contributed by atoms with Crippen LogP contribution < -0.4 is 14.8 Å². The number of nitrogens with zero attached hydrogens (tertiary/aromatic N) is 1. The van der Waals surface area contributed by atoms with Crippen molar-refractivity contribution in [2.45, 2.75) is 19.3 Å². The average Bonchev–Trinajstić information content (AvgIpc) is 3.43. The van der Waals surface area contributed by atoms with E-state index >= 15 is 0 Å². The molecule has 1 aromatic heterocycles. The zero-order chi connectivity index (χ0) is 18.8. The molecule has 1 N–H and O–H groups in total. The van der Waals surface area contributed by atoms with Crippen molar-refractivity contribution in [2.75, 3.05) is 20.8 Å². The predicted octanol–water partition coefficient (Wildman–Crippen LogP) is 3.70. The van der Waals surface area contributed by atoms with Crippen LogP contribution in [-0.4, -0.2) is 31.7 Å². The molecule has 0 saturated heterocycles. The van der Waals surface area contributed by atoms with E-state index in [2.05, 4.69) is 22.5 Å². The van der Waals surface area contributed by atoms with Crippen LogP contribution in [0.5, 0.6) is 11.5 Å². The first-order valence-electron chi connectivity index (χ1n) is 9.28. The molecule has 1 saturated carbocycles. The number of aromatic nitrogens is 1. The van der Waals surface area contributed by atoms with E-state index in [4.69, 9.17) is 9.47 Å². The summed E-state index contributed by atoms with van der Waals surface area (Å²) in [6.07, 6.45) is 7.44. The van der Waals surface area contributed by atoms with Gasteiger partial charge in [-0.2, -0.15) is 0 Å². The first kappa shape index (κ1) is 18.0. The molecule has 2 bridgehead atoms. The molecule has 4 rings (SSSR count). The Morgan fingerprint density at radius 1 is 1.22 bits per heavy atom. The molecule has 2 aromatic rings. The highest BCUT2D eigenvalue weighted by molar-refractivity contribution is 7.13. The van der Waals surface area contributed by atoms with Gasteiger partial charge >= 0.3 is 0 Å². The molecule has 6 heteroatoms. The van der Waals surface area contributed by atoms with Crippen LogP contribution in [0.25, 0.3) is 10.6 Å². The lowest BCUT2D eigenvalue weighted by atomic mass is 9.93. The Hall–Kier alpha value is -2.34. The smallest absolute Gasteiger partial charge is 0.226 e. The van der Waals surface area contributed by atoms with E-state index in [9.17, 15) is 4.79 Å². The van der Waals surface area contributed by atoms with Crippen molar-refractivity contribution in [2.24, 2.45) is 17.8 Å². The summed E-state index contributed by atoms with van der Waals surface area (Å²) in [5.41, 5.74) is 1.76. The fourth-order valence-corrected chi connectivity index (χ4v) is 4.91. The van der Waals surface area contributed by atoms with E-state index in [0.29, 0.717) is 29.8 Å². The number of rotatable bonds is 7. The molecule has 1 heterocycles. The Bertz CT molecular complexity index is 861. The standard InChI is InChI=1S/C21H24N2O3S/c1-25-18-6-5-15(9-19(18)26-2)21-23-17(12-27-21)10-20(24)22-11-16-8-13-3-4-14(16)7-13/h3-6,9,12-14,16H,7-8,10-11H2,1-2H3,(H,22,24)/t13-,14-,16+/m0/s1. The first-order chi connectivity index (χ1) is 13.2. The van der Waals surface area contributed by atoms with Gasteiger partial charge in [0.05, 0.1) is 26.3 Å². The van der Waals surface area contributed by atoms with Crippen LogP contribution in [0.15, 0.2) is 35.7 Å². The maximum atomic E-state index is 12.3. The molecule has 0 radical (unpaired) electrons. The van der Waals surface area contributed by atoms with Gasteiger partial charge in [-0.25, -0.2) is 4.98 Å². The summed E-state index contributed by atoms with van der Waals surface area (Å²) in [4.78, 5) is 16.9. The van der Waals surface area contributed by atoms with Crippen LogP contribution in [0.2, 0.25) is 0 Å². The molecule has 1 fully saturated rings. The van der Waals surface area contributed by atoms with E-state index in [1.54, 1.807) is 14.2 Å². The third-order valence-electron chi connectivity index (χ3n) is 5.50. The summed E-state index contributed by atoms with van der Waals surface area (Å²) in [7, 11) is 3.23. The Morgan fingerprint density at radius 2 is 2.07 bits per heavy atom. The van der Waals surface area contributed by atoms with E-state index < -0.39 is 0 Å². The number of benzene rings is 1. The van der Waals surface area contributed by atoms with E-state index in [1.165, 1.54) is 24.2 Å². The number of fused-ring (bicyclic) bond motifs is 2. The largest absolute Gasteiger partial charge is 0.493 e. The fourth-order valence-electron chi connectivity index (χ4n) is 4.09. The molecule has 0 unspecified atom stereocenters. The van der Waals surface area contributed by atoms with Gasteiger partial charge in [0.1, 0.15) is 5.01 Å². The van der Waals surface area contributed by atoms with Crippen molar-refractivity contribution in [1.29, 1.82) is 0 Å². The lowest BCUT2D eigenvalue weighted by molar-refractivity contribution is -0.120. The van der Waals surface area contributed by atoms with Crippen LogP contribution in [0.3, 0.4) is 0 Å². The summed E-state index contributed by atoms with van der Waals surface area (Å²) in [5.74, 6) is 3.40. The van der Waals surface area contributed by atoms with Gasteiger partial charge in [-0.3, -0.25) is 4.79 Å². The van der Waals surface area contributed by atoms with Crippen molar-refractivity contribution in [3.05, 3.63) is 41.4 Å². The molecule has 1 amide bonds. The predicted molar refractivity (Wildman–Crippen MR) is 106 cm³/mol. The second-order valence-corrected chi connectivity index (χ2v) is 8.09. The second-order valence-electron chi connectivity index (χ2n) is 7.23. The number of thiazole rings is 1. The number of methoxy groups -OCH3 is 2. The second kappa shape index (κ2) is 7.72. The minimum absolute atomic E-state index is 0.0471. The van der Waals surface area contributed by atoms with Gasteiger partial charge in [-0.15, -0.1) is 11.3 Å². The maximum absolute atomic E-state index is 12.3. The lowest BCUT2D eigenvalue weighted by Crippen LogP contribution is -2.32. The van der Waals surface area contributed by atoms with Crippen LogP contribution in [0, 0.1) is 17.8 Å². The summed E-state index contributed by atoms with van der Waals surface area (Å²) in [5, 5.41) is 5.92. The number of carbonyl (C=O) groups excluding carboxylic acids is 1. The van der Waals surface area contributed by atoms with Crippen molar-refractivity contribution in [3.63, 3.8) is 0 Å². The highest BCUT2D eigenvalue weighted by Crippen LogP contribution is 2.43. The molecular formula is C21H24N2O3S. The van der Waals surface area contributed by atoms with E-state index in [1.807, 2.05) is 23.6 Å². The fraction of sp³-hybridized carbons (Fsp3) is 0.429. The van der Waals surface area contributed by atoms with Gasteiger partial charge < -0.3 is 14.8 Å². The summed E-state index contributed by atoms with van der Waals surface area (Å²) in [6.45, 7) is 0.775. The van der Waals surface area contributed by atoms with Crippen LogP contribution in [0.4, 0.5) is 0 Å². The van der Waals surface area contributed by atoms with Crippen LogP contribution >= 0.6 is 11.3 Å². The summed E-state index contributed by atoms with van der Waals surface area (Å²) < 4.78 is 10.6. The van der Waals surface area contributed by atoms with Crippen molar-refractivity contribution < 1.29 is 14.3 Å². The number of allylic oxidation sites excluding steroid dienone is 2. The number of carbonyl (C=O) groups is 1. The average molecular weight is 385 g/mol. The highest BCUT2D eigenvalue weighted by atomic mass is 32.1. The third-order valence-corrected chi connectivity index (χ3v) is 6.44. The normalized spacial score (nSPS) is 22.8. The molecule has 2 aliphatic rings. The number of amides is 1. The van der Waals surface area contributed by atoms with Gasteiger partial charge in [0.25, 0.3) is 0 Å². The topological polar surface area (TPSA) is 60.5 Å². The van der Waals surface area contributed by atoms with Gasteiger partial charge in [0.15, 0.2) is 11.5 Å².